The van der Waals surface area contributed by atoms with Crippen molar-refractivity contribution in [2.24, 2.45) is 0 Å². The normalized spacial score (nSPS) is 26.2. The highest BCUT2D eigenvalue weighted by molar-refractivity contribution is 5.82. The molecule has 1 amide bonds. The average Bonchev–Trinajstić information content (AvgIpc) is 2.61. The summed E-state index contributed by atoms with van der Waals surface area (Å²) in [4.78, 5) is 17.4. The number of rotatable bonds is 3. The highest BCUT2D eigenvalue weighted by atomic mass is 16.3. The Morgan fingerprint density at radius 2 is 1.80 bits per heavy atom. The molecule has 0 radical (unpaired) electrons. The Morgan fingerprint density at radius 1 is 1.16 bits per heavy atom. The van der Waals surface area contributed by atoms with Crippen LogP contribution in [-0.4, -0.2) is 52.0 Å². The molecule has 0 aromatic heterocycles. The zero-order chi connectivity index (χ0) is 18.0. The van der Waals surface area contributed by atoms with Crippen molar-refractivity contribution in [1.82, 2.24) is 9.80 Å². The maximum Gasteiger partial charge on any atom is 0.240 e. The van der Waals surface area contributed by atoms with Gasteiger partial charge in [0, 0.05) is 25.2 Å². The number of amides is 1. The van der Waals surface area contributed by atoms with Crippen molar-refractivity contribution in [2.45, 2.75) is 64.6 Å². The summed E-state index contributed by atoms with van der Waals surface area (Å²) in [5, 5.41) is 9.43. The number of hydrogen-bond acceptors (Lipinski definition) is 3. The van der Waals surface area contributed by atoms with Gasteiger partial charge in [-0.2, -0.15) is 0 Å². The van der Waals surface area contributed by atoms with Gasteiger partial charge in [0.15, 0.2) is 0 Å². The van der Waals surface area contributed by atoms with E-state index in [1.54, 1.807) is 12.1 Å². The number of piperidine rings is 1. The quantitative estimate of drug-likeness (QED) is 0.912. The van der Waals surface area contributed by atoms with Crippen LogP contribution >= 0.6 is 0 Å². The Kier molecular flexibility index (Phi) is 5.48. The molecule has 3 rings (SSSR count). The van der Waals surface area contributed by atoms with Crippen LogP contribution in [0.2, 0.25) is 0 Å². The van der Waals surface area contributed by atoms with E-state index in [0.29, 0.717) is 17.8 Å². The highest BCUT2D eigenvalue weighted by Crippen LogP contribution is 2.27. The molecule has 4 nitrogen and oxygen atoms in total. The Balaban J connectivity index is 1.65. The second-order valence-electron chi connectivity index (χ2n) is 7.57. The molecule has 0 bridgehead atoms. The zero-order valence-electron chi connectivity index (χ0n) is 15.6. The first kappa shape index (κ1) is 18.0. The first-order valence-corrected chi connectivity index (χ1v) is 9.52. The van der Waals surface area contributed by atoms with Crippen LogP contribution in [0.5, 0.6) is 5.75 Å². The molecule has 0 unspecified atom stereocenters. The molecule has 2 aliphatic rings. The Hall–Kier alpha value is -1.81. The van der Waals surface area contributed by atoms with Crippen LogP contribution in [0.1, 0.15) is 52.0 Å². The molecule has 1 aromatic rings. The van der Waals surface area contributed by atoms with Crippen molar-refractivity contribution in [3.05, 3.63) is 35.9 Å². The molecule has 1 aromatic carbocycles. The predicted molar refractivity (Wildman–Crippen MR) is 101 cm³/mol. The second-order valence-corrected chi connectivity index (χ2v) is 7.57. The van der Waals surface area contributed by atoms with Gasteiger partial charge in [0.2, 0.25) is 5.91 Å². The largest absolute Gasteiger partial charge is 0.508 e. The van der Waals surface area contributed by atoms with E-state index >= 15 is 0 Å². The van der Waals surface area contributed by atoms with Gasteiger partial charge < -0.3 is 10.0 Å². The van der Waals surface area contributed by atoms with Crippen molar-refractivity contribution in [3.8, 4) is 5.75 Å². The van der Waals surface area contributed by atoms with Crippen LogP contribution in [0.15, 0.2) is 30.3 Å². The first-order chi connectivity index (χ1) is 12.0. The molecule has 0 spiro atoms. The van der Waals surface area contributed by atoms with Gasteiger partial charge in [-0.3, -0.25) is 9.69 Å². The molecule has 2 aliphatic heterocycles. The van der Waals surface area contributed by atoms with Crippen molar-refractivity contribution in [1.29, 1.82) is 0 Å². The SMILES string of the molecule is C[C@H](C(=O)N1[C@@H](C)CCC[C@@H]1C)N1CC=C(c2ccc(O)cc2)CC1. The molecule has 1 fully saturated rings. The van der Waals surface area contributed by atoms with Crippen LogP contribution in [0.3, 0.4) is 0 Å². The van der Waals surface area contributed by atoms with E-state index < -0.39 is 0 Å². The van der Waals surface area contributed by atoms with Crippen LogP contribution in [0, 0.1) is 0 Å². The molecular formula is C21H30N2O2. The fraction of sp³-hybridized carbons (Fsp3) is 0.571. The molecule has 1 N–H and O–H groups in total. The summed E-state index contributed by atoms with van der Waals surface area (Å²) in [5.41, 5.74) is 2.46. The zero-order valence-corrected chi connectivity index (χ0v) is 15.6. The summed E-state index contributed by atoms with van der Waals surface area (Å²) in [7, 11) is 0. The van der Waals surface area contributed by atoms with Gasteiger partial charge in [0.05, 0.1) is 6.04 Å². The van der Waals surface area contributed by atoms with E-state index in [0.717, 1.165) is 37.9 Å². The summed E-state index contributed by atoms with van der Waals surface area (Å²) in [5.74, 6) is 0.576. The molecule has 4 heteroatoms. The van der Waals surface area contributed by atoms with E-state index in [1.165, 1.54) is 12.0 Å². The van der Waals surface area contributed by atoms with Gasteiger partial charge in [-0.1, -0.05) is 18.2 Å². The molecule has 0 aliphatic carbocycles. The highest BCUT2D eigenvalue weighted by Gasteiger charge is 2.34. The predicted octanol–water partition coefficient (Wildman–Crippen LogP) is 3.66. The smallest absolute Gasteiger partial charge is 0.240 e. The lowest BCUT2D eigenvalue weighted by molar-refractivity contribution is -0.142. The summed E-state index contributed by atoms with van der Waals surface area (Å²) in [6.07, 6.45) is 6.63. The summed E-state index contributed by atoms with van der Waals surface area (Å²) >= 11 is 0. The second kappa shape index (κ2) is 7.61. The van der Waals surface area contributed by atoms with Crippen LogP contribution < -0.4 is 0 Å². The van der Waals surface area contributed by atoms with Gasteiger partial charge in [0.1, 0.15) is 5.75 Å². The lowest BCUT2D eigenvalue weighted by atomic mass is 9.95. The number of likely N-dealkylation sites (tertiary alicyclic amines) is 1. The third-order valence-electron chi connectivity index (χ3n) is 5.83. The van der Waals surface area contributed by atoms with E-state index in [2.05, 4.69) is 36.6 Å². The number of phenolic OH excluding ortho intramolecular Hbond substituents is 1. The molecule has 2 heterocycles. The summed E-state index contributed by atoms with van der Waals surface area (Å²) < 4.78 is 0. The molecule has 1 saturated heterocycles. The standard InChI is InChI=1S/C21H30N2O2/c1-15-5-4-6-16(2)23(15)21(25)17(3)22-13-11-19(12-14-22)18-7-9-20(24)10-8-18/h7-11,15-17,24H,4-6,12-14H2,1-3H3/t15-,16-,17+/m0/s1. The van der Waals surface area contributed by atoms with Crippen LogP contribution in [-0.2, 0) is 4.79 Å². The fourth-order valence-corrected chi connectivity index (χ4v) is 4.20. The van der Waals surface area contributed by atoms with E-state index in [4.69, 9.17) is 0 Å². The monoisotopic (exact) mass is 342 g/mol. The van der Waals surface area contributed by atoms with Crippen molar-refractivity contribution >= 4 is 11.5 Å². The van der Waals surface area contributed by atoms with Gasteiger partial charge in [-0.25, -0.2) is 0 Å². The van der Waals surface area contributed by atoms with Gasteiger partial charge in [0.25, 0.3) is 0 Å². The van der Waals surface area contributed by atoms with Gasteiger partial charge in [-0.05, 0) is 69.7 Å². The first-order valence-electron chi connectivity index (χ1n) is 9.52. The number of aromatic hydroxyl groups is 1. The Labute approximate surface area is 151 Å². The molecule has 25 heavy (non-hydrogen) atoms. The lowest BCUT2D eigenvalue weighted by Gasteiger charge is -2.42. The topological polar surface area (TPSA) is 43.8 Å². The average molecular weight is 342 g/mol. The fourth-order valence-electron chi connectivity index (χ4n) is 4.20. The third kappa shape index (κ3) is 3.90. The van der Waals surface area contributed by atoms with Gasteiger partial charge in [-0.15, -0.1) is 0 Å². The summed E-state index contributed by atoms with van der Waals surface area (Å²) in [6, 6.07) is 8.02. The minimum atomic E-state index is -0.0689. The van der Waals surface area contributed by atoms with E-state index in [1.807, 2.05) is 12.1 Å². The summed E-state index contributed by atoms with van der Waals surface area (Å²) in [6.45, 7) is 8.12. The molecule has 0 saturated carbocycles. The van der Waals surface area contributed by atoms with E-state index in [9.17, 15) is 9.90 Å². The molecular weight excluding hydrogens is 312 g/mol. The van der Waals surface area contributed by atoms with Crippen molar-refractivity contribution in [3.63, 3.8) is 0 Å². The van der Waals surface area contributed by atoms with Crippen LogP contribution in [0.25, 0.3) is 5.57 Å². The number of carbonyl (C=O) groups is 1. The maximum absolute atomic E-state index is 13.0. The van der Waals surface area contributed by atoms with E-state index in [-0.39, 0.29) is 11.9 Å². The lowest BCUT2D eigenvalue weighted by Crippen LogP contribution is -2.55. The van der Waals surface area contributed by atoms with Gasteiger partial charge >= 0.3 is 0 Å². The Bertz CT molecular complexity index is 628. The number of hydrogen-bond donors (Lipinski definition) is 1. The number of nitrogens with zero attached hydrogens (tertiary/aromatic N) is 2. The van der Waals surface area contributed by atoms with Crippen molar-refractivity contribution in [2.75, 3.05) is 13.1 Å². The number of benzene rings is 1. The minimum absolute atomic E-state index is 0.0689. The molecule has 136 valence electrons. The minimum Gasteiger partial charge on any atom is -0.508 e. The van der Waals surface area contributed by atoms with Crippen molar-refractivity contribution < 1.29 is 9.90 Å². The number of phenols is 1. The number of carbonyl (C=O) groups excluding carboxylic acids is 1. The molecule has 3 atom stereocenters. The Morgan fingerprint density at radius 3 is 2.36 bits per heavy atom. The van der Waals surface area contributed by atoms with Crippen LogP contribution in [0.4, 0.5) is 0 Å². The maximum atomic E-state index is 13.0. The third-order valence-corrected chi connectivity index (χ3v) is 5.83.